The molecule has 0 radical (unpaired) electrons. The molecule has 1 saturated heterocycles. The lowest BCUT2D eigenvalue weighted by atomic mass is 10.1. The van der Waals surface area contributed by atoms with Crippen molar-refractivity contribution in [3.63, 3.8) is 0 Å². The maximum atomic E-state index is 13.3. The molecule has 5 nitrogen and oxygen atoms in total. The van der Waals surface area contributed by atoms with Crippen molar-refractivity contribution in [2.45, 2.75) is 12.8 Å². The normalized spacial score (nSPS) is 15.2. The number of nitrogens with one attached hydrogen (secondary N) is 1. The highest BCUT2D eigenvalue weighted by Crippen LogP contribution is 2.32. The Kier molecular flexibility index (Phi) is 7.00. The van der Waals surface area contributed by atoms with Crippen molar-refractivity contribution in [2.24, 2.45) is 0 Å². The summed E-state index contributed by atoms with van der Waals surface area (Å²) in [5.74, 6) is -0.626. The Bertz CT molecular complexity index is 961. The number of thioether (sulfide) groups is 1. The van der Waals surface area contributed by atoms with Gasteiger partial charge in [-0.3, -0.25) is 14.5 Å². The van der Waals surface area contributed by atoms with Crippen LogP contribution in [0.25, 0.3) is 6.08 Å². The van der Waals surface area contributed by atoms with E-state index in [0.717, 1.165) is 17.3 Å². The van der Waals surface area contributed by atoms with Crippen LogP contribution >= 0.6 is 24.0 Å². The van der Waals surface area contributed by atoms with Gasteiger partial charge in [-0.2, -0.15) is 0 Å². The highest BCUT2D eigenvalue weighted by molar-refractivity contribution is 8.26. The molecule has 0 spiro atoms. The van der Waals surface area contributed by atoms with Crippen LogP contribution in [0, 0.1) is 5.82 Å². The van der Waals surface area contributed by atoms with Crippen molar-refractivity contribution in [3.8, 4) is 5.75 Å². The molecule has 2 aromatic carbocycles. The zero-order valence-corrected chi connectivity index (χ0v) is 17.1. The Morgan fingerprint density at radius 2 is 2.00 bits per heavy atom. The number of rotatable bonds is 7. The number of phenolic OH excluding ortho intramolecular Hbond substituents is 1. The van der Waals surface area contributed by atoms with E-state index < -0.39 is 0 Å². The average molecular weight is 431 g/mol. The summed E-state index contributed by atoms with van der Waals surface area (Å²) in [5.41, 5.74) is 1.58. The SMILES string of the molecule is O=C(CCN1C(=O)/C(=C/c2cccc(F)c2)SC1=S)NCCc1ccc(O)cc1. The van der Waals surface area contributed by atoms with E-state index in [-0.39, 0.29) is 36.3 Å². The Hall–Kier alpha value is -2.71. The first-order valence-corrected chi connectivity index (χ1v) is 10.2. The number of phenols is 1. The predicted octanol–water partition coefficient (Wildman–Crippen LogP) is 3.48. The maximum absolute atomic E-state index is 13.3. The van der Waals surface area contributed by atoms with Crippen molar-refractivity contribution >= 4 is 46.2 Å². The van der Waals surface area contributed by atoms with E-state index in [2.05, 4.69) is 5.32 Å². The van der Waals surface area contributed by atoms with Crippen LogP contribution < -0.4 is 5.32 Å². The molecule has 1 heterocycles. The first-order valence-electron chi connectivity index (χ1n) is 8.98. The monoisotopic (exact) mass is 430 g/mol. The van der Waals surface area contributed by atoms with Crippen molar-refractivity contribution in [3.05, 3.63) is 70.4 Å². The van der Waals surface area contributed by atoms with E-state index in [4.69, 9.17) is 12.2 Å². The molecule has 0 unspecified atom stereocenters. The van der Waals surface area contributed by atoms with Gasteiger partial charge < -0.3 is 10.4 Å². The molecule has 3 rings (SSSR count). The number of hydrogen-bond acceptors (Lipinski definition) is 5. The van der Waals surface area contributed by atoms with Crippen molar-refractivity contribution in [1.29, 1.82) is 0 Å². The molecule has 150 valence electrons. The highest BCUT2D eigenvalue weighted by Gasteiger charge is 2.32. The Morgan fingerprint density at radius 3 is 2.72 bits per heavy atom. The minimum Gasteiger partial charge on any atom is -0.508 e. The van der Waals surface area contributed by atoms with Gasteiger partial charge in [-0.25, -0.2) is 4.39 Å². The molecule has 0 saturated carbocycles. The van der Waals surface area contributed by atoms with Crippen LogP contribution in [-0.2, 0) is 16.0 Å². The average Bonchev–Trinajstić information content (AvgIpc) is 2.94. The number of hydrogen-bond donors (Lipinski definition) is 2. The van der Waals surface area contributed by atoms with Crippen LogP contribution in [0.5, 0.6) is 5.75 Å². The van der Waals surface area contributed by atoms with E-state index in [9.17, 15) is 19.1 Å². The number of carbonyl (C=O) groups excluding carboxylic acids is 2. The fourth-order valence-corrected chi connectivity index (χ4v) is 4.06. The summed E-state index contributed by atoms with van der Waals surface area (Å²) >= 11 is 6.40. The molecule has 1 fully saturated rings. The van der Waals surface area contributed by atoms with Crippen LogP contribution in [0.1, 0.15) is 17.5 Å². The minimum atomic E-state index is -0.377. The lowest BCUT2D eigenvalue weighted by Crippen LogP contribution is -2.34. The summed E-state index contributed by atoms with van der Waals surface area (Å²) in [6.07, 6.45) is 2.37. The number of halogens is 1. The van der Waals surface area contributed by atoms with E-state index in [1.807, 2.05) is 0 Å². The molecule has 29 heavy (non-hydrogen) atoms. The molecule has 2 N–H and O–H groups in total. The van der Waals surface area contributed by atoms with Gasteiger partial charge in [0.15, 0.2) is 0 Å². The molecule has 2 amide bonds. The second kappa shape index (κ2) is 9.67. The molecule has 8 heteroatoms. The van der Waals surface area contributed by atoms with E-state index in [1.54, 1.807) is 42.5 Å². The van der Waals surface area contributed by atoms with Gasteiger partial charge in [0.05, 0.1) is 4.91 Å². The quantitative estimate of drug-likeness (QED) is 0.520. The second-order valence-electron chi connectivity index (χ2n) is 6.40. The van der Waals surface area contributed by atoms with Crippen molar-refractivity contribution in [2.75, 3.05) is 13.1 Å². The van der Waals surface area contributed by atoms with Gasteiger partial charge in [-0.05, 0) is 47.9 Å². The van der Waals surface area contributed by atoms with E-state index in [0.29, 0.717) is 27.8 Å². The van der Waals surface area contributed by atoms with Crippen LogP contribution in [0.3, 0.4) is 0 Å². The van der Waals surface area contributed by atoms with Crippen LogP contribution in [0.15, 0.2) is 53.4 Å². The fourth-order valence-electron chi connectivity index (χ4n) is 2.75. The number of nitrogens with zero attached hydrogens (tertiary/aromatic N) is 1. The predicted molar refractivity (Wildman–Crippen MR) is 116 cm³/mol. The standard InChI is InChI=1S/C21H19FN2O3S2/c22-16-3-1-2-15(12-16)13-18-20(27)24(21(28)29-18)11-9-19(26)23-10-8-14-4-6-17(25)7-5-14/h1-7,12-13,25H,8-11H2,(H,23,26)/b18-13-. The maximum Gasteiger partial charge on any atom is 0.266 e. The smallest absolute Gasteiger partial charge is 0.266 e. The zero-order chi connectivity index (χ0) is 20.8. The molecular formula is C21H19FN2O3S2. The first kappa shape index (κ1) is 21.0. The molecule has 0 aromatic heterocycles. The van der Waals surface area contributed by atoms with Gasteiger partial charge >= 0.3 is 0 Å². The highest BCUT2D eigenvalue weighted by atomic mass is 32.2. The molecule has 1 aliphatic heterocycles. The van der Waals surface area contributed by atoms with Crippen LogP contribution in [0.4, 0.5) is 4.39 Å². The Labute approximate surface area is 177 Å². The number of aromatic hydroxyl groups is 1. The third-order valence-corrected chi connectivity index (χ3v) is 5.63. The molecule has 0 aliphatic carbocycles. The third kappa shape index (κ3) is 5.88. The number of amides is 2. The van der Waals surface area contributed by atoms with Crippen molar-refractivity contribution in [1.82, 2.24) is 10.2 Å². The zero-order valence-electron chi connectivity index (χ0n) is 15.4. The number of benzene rings is 2. The molecule has 1 aliphatic rings. The first-order chi connectivity index (χ1) is 13.9. The van der Waals surface area contributed by atoms with Gasteiger partial charge in [0.2, 0.25) is 5.91 Å². The summed E-state index contributed by atoms with van der Waals surface area (Å²) < 4.78 is 13.7. The lowest BCUT2D eigenvalue weighted by molar-refractivity contribution is -0.123. The number of carbonyl (C=O) groups is 2. The summed E-state index contributed by atoms with van der Waals surface area (Å²) in [6, 6.07) is 12.8. The molecule has 0 atom stereocenters. The van der Waals surface area contributed by atoms with Crippen LogP contribution in [0.2, 0.25) is 0 Å². The van der Waals surface area contributed by atoms with Crippen LogP contribution in [-0.4, -0.2) is 39.2 Å². The summed E-state index contributed by atoms with van der Waals surface area (Å²) in [4.78, 5) is 26.4. The topological polar surface area (TPSA) is 69.6 Å². The Morgan fingerprint density at radius 1 is 1.24 bits per heavy atom. The minimum absolute atomic E-state index is 0.134. The van der Waals surface area contributed by atoms with Crippen molar-refractivity contribution < 1.29 is 19.1 Å². The molecule has 2 aromatic rings. The van der Waals surface area contributed by atoms with Gasteiger partial charge in [0.25, 0.3) is 5.91 Å². The molecule has 0 bridgehead atoms. The largest absolute Gasteiger partial charge is 0.508 e. The van der Waals surface area contributed by atoms with Gasteiger partial charge in [0, 0.05) is 19.5 Å². The fraction of sp³-hybridized carbons (Fsp3) is 0.190. The summed E-state index contributed by atoms with van der Waals surface area (Å²) in [7, 11) is 0. The number of thiocarbonyl (C=S) groups is 1. The molecular weight excluding hydrogens is 411 g/mol. The third-order valence-electron chi connectivity index (χ3n) is 4.25. The summed E-state index contributed by atoms with van der Waals surface area (Å²) in [5, 5.41) is 12.1. The van der Waals surface area contributed by atoms with E-state index >= 15 is 0 Å². The second-order valence-corrected chi connectivity index (χ2v) is 8.08. The van der Waals surface area contributed by atoms with Gasteiger partial charge in [0.1, 0.15) is 15.9 Å². The van der Waals surface area contributed by atoms with E-state index in [1.165, 1.54) is 17.0 Å². The summed E-state index contributed by atoms with van der Waals surface area (Å²) in [6.45, 7) is 0.650. The van der Waals surface area contributed by atoms with Gasteiger partial charge in [-0.15, -0.1) is 0 Å². The van der Waals surface area contributed by atoms with Gasteiger partial charge in [-0.1, -0.05) is 48.2 Å². The Balaban J connectivity index is 1.48. The lowest BCUT2D eigenvalue weighted by Gasteiger charge is -2.14.